The normalized spacial score (nSPS) is 10.2. The van der Waals surface area contributed by atoms with E-state index >= 15 is 0 Å². The van der Waals surface area contributed by atoms with E-state index < -0.39 is 0 Å². The molecule has 0 aliphatic carbocycles. The van der Waals surface area contributed by atoms with Crippen LogP contribution in [-0.2, 0) is 6.42 Å². The highest BCUT2D eigenvalue weighted by Gasteiger charge is 2.02. The second-order valence-electron chi connectivity index (χ2n) is 3.92. The van der Waals surface area contributed by atoms with Crippen molar-refractivity contribution in [1.82, 2.24) is 9.97 Å². The quantitative estimate of drug-likeness (QED) is 0.817. The maximum absolute atomic E-state index is 13.4. The van der Waals surface area contributed by atoms with E-state index in [2.05, 4.69) is 15.3 Å². The van der Waals surface area contributed by atoms with Crippen molar-refractivity contribution in [3.05, 3.63) is 53.7 Å². The zero-order valence-electron chi connectivity index (χ0n) is 10.1. The van der Waals surface area contributed by atoms with Gasteiger partial charge in [-0.15, -0.1) is 0 Å². The third-order valence-corrected chi connectivity index (χ3v) is 2.77. The Morgan fingerprint density at radius 3 is 2.68 bits per heavy atom. The Balaban J connectivity index is 1.89. The number of aromatic nitrogens is 2. The standard InChI is InChI=1S/C13H13FN4S/c14-10-4-2-1-3-9(10)5-6-16-12-8-17-11(7-18-12)13(15)19/h1-4,7-8H,5-6H2,(H2,15,19)(H,16,18). The molecule has 0 radical (unpaired) electrons. The molecule has 0 bridgehead atoms. The molecule has 1 heterocycles. The molecule has 0 amide bonds. The van der Waals surface area contributed by atoms with Crippen molar-refractivity contribution in [2.24, 2.45) is 5.73 Å². The Morgan fingerprint density at radius 2 is 2.05 bits per heavy atom. The van der Waals surface area contributed by atoms with Crippen molar-refractivity contribution in [1.29, 1.82) is 0 Å². The number of hydrogen-bond donors (Lipinski definition) is 2. The number of halogens is 1. The Morgan fingerprint density at radius 1 is 1.26 bits per heavy atom. The second kappa shape index (κ2) is 6.19. The minimum atomic E-state index is -0.195. The lowest BCUT2D eigenvalue weighted by atomic mass is 10.1. The molecule has 4 nitrogen and oxygen atoms in total. The first kappa shape index (κ1) is 13.4. The molecule has 0 fully saturated rings. The van der Waals surface area contributed by atoms with Crippen LogP contribution in [0.1, 0.15) is 11.3 Å². The third kappa shape index (κ3) is 3.69. The van der Waals surface area contributed by atoms with Gasteiger partial charge in [-0.25, -0.2) is 14.4 Å². The summed E-state index contributed by atoms with van der Waals surface area (Å²) < 4.78 is 13.4. The largest absolute Gasteiger partial charge is 0.388 e. The molecule has 0 spiro atoms. The minimum absolute atomic E-state index is 0.195. The Bertz CT molecular complexity index is 571. The minimum Gasteiger partial charge on any atom is -0.388 e. The monoisotopic (exact) mass is 276 g/mol. The summed E-state index contributed by atoms with van der Waals surface area (Å²) in [5, 5.41) is 3.06. The lowest BCUT2D eigenvalue weighted by molar-refractivity contribution is 0.610. The van der Waals surface area contributed by atoms with Crippen molar-refractivity contribution in [3.63, 3.8) is 0 Å². The summed E-state index contributed by atoms with van der Waals surface area (Å²) in [5.74, 6) is 0.413. The SMILES string of the molecule is NC(=S)c1cnc(NCCc2ccccc2F)cn1. The fourth-order valence-electron chi connectivity index (χ4n) is 1.57. The van der Waals surface area contributed by atoms with Crippen LogP contribution in [0.4, 0.5) is 10.2 Å². The van der Waals surface area contributed by atoms with Crippen LogP contribution in [-0.4, -0.2) is 21.5 Å². The van der Waals surface area contributed by atoms with Crippen molar-refractivity contribution < 1.29 is 4.39 Å². The molecule has 6 heteroatoms. The van der Waals surface area contributed by atoms with Crippen LogP contribution in [0.25, 0.3) is 0 Å². The summed E-state index contributed by atoms with van der Waals surface area (Å²) in [4.78, 5) is 8.39. The molecule has 0 aliphatic rings. The number of rotatable bonds is 5. The van der Waals surface area contributed by atoms with Crippen molar-refractivity contribution >= 4 is 23.0 Å². The van der Waals surface area contributed by atoms with Gasteiger partial charge in [0.1, 0.15) is 22.3 Å². The summed E-state index contributed by atoms with van der Waals surface area (Å²) in [6.45, 7) is 0.571. The maximum atomic E-state index is 13.4. The van der Waals surface area contributed by atoms with E-state index in [9.17, 15) is 4.39 Å². The lowest BCUT2D eigenvalue weighted by Crippen LogP contribution is -2.13. The average Bonchev–Trinajstić information content (AvgIpc) is 2.41. The van der Waals surface area contributed by atoms with Gasteiger partial charge in [0, 0.05) is 6.54 Å². The highest BCUT2D eigenvalue weighted by atomic mass is 32.1. The molecule has 1 aromatic heterocycles. The predicted octanol–water partition coefficient (Wildman–Crippen LogP) is 1.90. The smallest absolute Gasteiger partial charge is 0.144 e. The average molecular weight is 276 g/mol. The van der Waals surface area contributed by atoms with Gasteiger partial charge in [-0.3, -0.25) is 0 Å². The van der Waals surface area contributed by atoms with Gasteiger partial charge in [-0.1, -0.05) is 30.4 Å². The molecule has 2 aromatic rings. The van der Waals surface area contributed by atoms with Gasteiger partial charge in [0.2, 0.25) is 0 Å². The molecule has 0 saturated carbocycles. The van der Waals surface area contributed by atoms with E-state index in [0.29, 0.717) is 30.0 Å². The summed E-state index contributed by atoms with van der Waals surface area (Å²) in [5.41, 5.74) is 6.57. The van der Waals surface area contributed by atoms with Gasteiger partial charge in [0.25, 0.3) is 0 Å². The van der Waals surface area contributed by atoms with Gasteiger partial charge < -0.3 is 11.1 Å². The van der Waals surface area contributed by atoms with Gasteiger partial charge >= 0.3 is 0 Å². The Hall–Kier alpha value is -2.08. The number of benzene rings is 1. The van der Waals surface area contributed by atoms with E-state index in [1.807, 2.05) is 6.07 Å². The van der Waals surface area contributed by atoms with Crippen molar-refractivity contribution in [2.45, 2.75) is 6.42 Å². The number of anilines is 1. The summed E-state index contributed by atoms with van der Waals surface area (Å²) in [7, 11) is 0. The fraction of sp³-hybridized carbons (Fsp3) is 0.154. The van der Waals surface area contributed by atoms with Crippen LogP contribution < -0.4 is 11.1 Å². The highest BCUT2D eigenvalue weighted by molar-refractivity contribution is 7.80. The first-order chi connectivity index (χ1) is 9.16. The van der Waals surface area contributed by atoms with E-state index in [1.54, 1.807) is 18.3 Å². The van der Waals surface area contributed by atoms with E-state index in [4.69, 9.17) is 18.0 Å². The molecule has 3 N–H and O–H groups in total. The highest BCUT2D eigenvalue weighted by Crippen LogP contribution is 2.07. The topological polar surface area (TPSA) is 63.8 Å². The van der Waals surface area contributed by atoms with Gasteiger partial charge in [-0.05, 0) is 18.1 Å². The van der Waals surface area contributed by atoms with Crippen LogP contribution in [0.5, 0.6) is 0 Å². The van der Waals surface area contributed by atoms with Gasteiger partial charge in [0.05, 0.1) is 12.4 Å². The summed E-state index contributed by atoms with van der Waals surface area (Å²) >= 11 is 4.78. The lowest BCUT2D eigenvalue weighted by Gasteiger charge is -2.06. The Kier molecular flexibility index (Phi) is 4.35. The molecule has 0 unspecified atom stereocenters. The van der Waals surface area contributed by atoms with E-state index in [1.165, 1.54) is 12.3 Å². The maximum Gasteiger partial charge on any atom is 0.144 e. The van der Waals surface area contributed by atoms with Gasteiger partial charge in [0.15, 0.2) is 0 Å². The zero-order chi connectivity index (χ0) is 13.7. The van der Waals surface area contributed by atoms with Crippen LogP contribution >= 0.6 is 12.2 Å². The number of hydrogen-bond acceptors (Lipinski definition) is 4. The van der Waals surface area contributed by atoms with E-state index in [0.717, 1.165) is 0 Å². The molecule has 0 saturated heterocycles. The van der Waals surface area contributed by atoms with E-state index in [-0.39, 0.29) is 10.8 Å². The molecule has 0 atom stereocenters. The number of thiocarbonyl (C=S) groups is 1. The molecule has 19 heavy (non-hydrogen) atoms. The van der Waals surface area contributed by atoms with Crippen LogP contribution in [0.3, 0.4) is 0 Å². The van der Waals surface area contributed by atoms with Crippen molar-refractivity contribution in [3.8, 4) is 0 Å². The third-order valence-electron chi connectivity index (χ3n) is 2.56. The number of nitrogens with zero attached hydrogens (tertiary/aromatic N) is 2. The van der Waals surface area contributed by atoms with Crippen LogP contribution in [0.2, 0.25) is 0 Å². The molecule has 98 valence electrons. The van der Waals surface area contributed by atoms with Crippen molar-refractivity contribution in [2.75, 3.05) is 11.9 Å². The van der Waals surface area contributed by atoms with Crippen LogP contribution in [0.15, 0.2) is 36.7 Å². The second-order valence-corrected chi connectivity index (χ2v) is 4.36. The summed E-state index contributed by atoms with van der Waals surface area (Å²) in [6.07, 6.45) is 3.63. The number of nitrogens with one attached hydrogen (secondary N) is 1. The fourth-order valence-corrected chi connectivity index (χ4v) is 1.68. The summed E-state index contributed by atoms with van der Waals surface area (Å²) in [6, 6.07) is 6.70. The molecule has 1 aromatic carbocycles. The zero-order valence-corrected chi connectivity index (χ0v) is 11.0. The predicted molar refractivity (Wildman–Crippen MR) is 76.5 cm³/mol. The molecular formula is C13H13FN4S. The molecule has 2 rings (SSSR count). The number of nitrogens with two attached hydrogens (primary N) is 1. The molecular weight excluding hydrogens is 263 g/mol. The van der Waals surface area contributed by atoms with Crippen LogP contribution in [0, 0.1) is 5.82 Å². The Labute approximate surface area is 115 Å². The molecule has 0 aliphatic heterocycles. The first-order valence-electron chi connectivity index (χ1n) is 5.76. The first-order valence-corrected chi connectivity index (χ1v) is 6.17. The van der Waals surface area contributed by atoms with Gasteiger partial charge in [-0.2, -0.15) is 0 Å².